The number of ether oxygens (including phenoxy) is 1. The molecule has 0 saturated heterocycles. The number of fused-ring (bicyclic) bond motifs is 1. The van der Waals surface area contributed by atoms with Crippen LogP contribution in [0, 0.1) is 10.1 Å². The molecule has 3 rings (SSSR count). The quantitative estimate of drug-likeness (QED) is 0.459. The first-order valence-corrected chi connectivity index (χ1v) is 8.20. The van der Waals surface area contributed by atoms with Crippen molar-refractivity contribution in [2.45, 2.75) is 31.4 Å². The van der Waals surface area contributed by atoms with E-state index in [4.69, 9.17) is 4.74 Å². The molecule has 0 aliphatic heterocycles. The van der Waals surface area contributed by atoms with Crippen molar-refractivity contribution in [3.8, 4) is 5.75 Å². The number of halogens is 1. The van der Waals surface area contributed by atoms with Crippen molar-refractivity contribution in [2.24, 2.45) is 0 Å². The van der Waals surface area contributed by atoms with E-state index in [2.05, 4.69) is 37.2 Å². The number of nitro benzene ring substituents is 1. The highest BCUT2D eigenvalue weighted by Gasteiger charge is 2.27. The summed E-state index contributed by atoms with van der Waals surface area (Å²) < 4.78 is 6.23. The minimum Gasteiger partial charge on any atom is -0.486 e. The lowest BCUT2D eigenvalue weighted by Crippen LogP contribution is -2.30. The normalized spacial score (nSPS) is 19.5. The molecule has 0 saturated carbocycles. The number of non-ortho nitro benzene ring substituents is 1. The Morgan fingerprint density at radius 2 is 1.80 bits per heavy atom. The highest BCUT2D eigenvalue weighted by molar-refractivity contribution is 5.85. The molecule has 0 fully saturated rings. The molecule has 0 radical (unpaired) electrons. The summed E-state index contributed by atoms with van der Waals surface area (Å²) in [6.07, 6.45) is 3.00. The van der Waals surface area contributed by atoms with Crippen LogP contribution in [0.4, 0.5) is 5.69 Å². The van der Waals surface area contributed by atoms with Gasteiger partial charge in [-0.15, -0.1) is 12.4 Å². The third-order valence-electron chi connectivity index (χ3n) is 4.69. The molecular formula is C19H23ClN2O3. The van der Waals surface area contributed by atoms with Gasteiger partial charge in [0.15, 0.2) is 0 Å². The van der Waals surface area contributed by atoms with E-state index in [-0.39, 0.29) is 24.2 Å². The molecule has 0 amide bonds. The first-order chi connectivity index (χ1) is 11.5. The van der Waals surface area contributed by atoms with Gasteiger partial charge in [-0.25, -0.2) is 0 Å². The lowest BCUT2D eigenvalue weighted by Gasteiger charge is -2.27. The first kappa shape index (κ1) is 19.2. The number of nitrogens with zero attached hydrogens (tertiary/aromatic N) is 2. The SMILES string of the molecule is CN(C)C1CCc2ccccc2C(Oc2ccc([N+](=O)[O-])cc2)C1.Cl. The molecule has 2 atom stereocenters. The summed E-state index contributed by atoms with van der Waals surface area (Å²) in [5, 5.41) is 10.8. The van der Waals surface area contributed by atoms with Crippen LogP contribution >= 0.6 is 12.4 Å². The molecule has 25 heavy (non-hydrogen) atoms. The van der Waals surface area contributed by atoms with E-state index in [0.29, 0.717) is 11.8 Å². The summed E-state index contributed by atoms with van der Waals surface area (Å²) in [6.45, 7) is 0. The number of rotatable bonds is 4. The summed E-state index contributed by atoms with van der Waals surface area (Å²) in [7, 11) is 4.20. The molecule has 0 bridgehead atoms. The van der Waals surface area contributed by atoms with Crippen LogP contribution in [0.5, 0.6) is 5.75 Å². The molecule has 1 aliphatic rings. The second-order valence-corrected chi connectivity index (χ2v) is 6.45. The predicted octanol–water partition coefficient (Wildman–Crippen LogP) is 4.40. The van der Waals surface area contributed by atoms with E-state index in [0.717, 1.165) is 19.3 Å². The molecule has 2 aromatic rings. The molecule has 0 aromatic heterocycles. The van der Waals surface area contributed by atoms with Crippen LogP contribution in [0.2, 0.25) is 0 Å². The maximum Gasteiger partial charge on any atom is 0.269 e. The van der Waals surface area contributed by atoms with Gasteiger partial charge < -0.3 is 9.64 Å². The van der Waals surface area contributed by atoms with Crippen molar-refractivity contribution < 1.29 is 9.66 Å². The molecule has 5 nitrogen and oxygen atoms in total. The fourth-order valence-corrected chi connectivity index (χ4v) is 3.28. The van der Waals surface area contributed by atoms with Gasteiger partial charge in [0.05, 0.1) is 4.92 Å². The Hall–Kier alpha value is -2.11. The van der Waals surface area contributed by atoms with Gasteiger partial charge in [0, 0.05) is 24.6 Å². The maximum atomic E-state index is 10.8. The fourth-order valence-electron chi connectivity index (χ4n) is 3.28. The zero-order valence-corrected chi connectivity index (χ0v) is 15.2. The Labute approximate surface area is 154 Å². The van der Waals surface area contributed by atoms with E-state index in [1.54, 1.807) is 12.1 Å². The molecular weight excluding hydrogens is 340 g/mol. The molecule has 134 valence electrons. The van der Waals surface area contributed by atoms with Gasteiger partial charge in [-0.1, -0.05) is 24.3 Å². The molecule has 6 heteroatoms. The number of benzene rings is 2. The van der Waals surface area contributed by atoms with E-state index in [1.165, 1.54) is 23.3 Å². The van der Waals surface area contributed by atoms with Crippen LogP contribution in [0.3, 0.4) is 0 Å². The molecule has 0 heterocycles. The molecule has 2 aromatic carbocycles. The van der Waals surface area contributed by atoms with Gasteiger partial charge in [-0.05, 0) is 50.2 Å². The second kappa shape index (κ2) is 8.32. The number of hydrogen-bond donors (Lipinski definition) is 0. The highest BCUT2D eigenvalue weighted by Crippen LogP contribution is 2.34. The summed E-state index contributed by atoms with van der Waals surface area (Å²) in [5.74, 6) is 0.666. The zero-order chi connectivity index (χ0) is 17.1. The Morgan fingerprint density at radius 3 is 2.44 bits per heavy atom. The van der Waals surface area contributed by atoms with Crippen molar-refractivity contribution in [1.82, 2.24) is 4.90 Å². The number of nitro groups is 1. The maximum absolute atomic E-state index is 10.8. The van der Waals surface area contributed by atoms with Gasteiger partial charge >= 0.3 is 0 Å². The minimum atomic E-state index is -0.396. The van der Waals surface area contributed by atoms with E-state index >= 15 is 0 Å². The standard InChI is InChI=1S/C19H22N2O3.ClH/c1-20(2)16-8-7-14-5-3-4-6-18(14)19(13-16)24-17-11-9-15(10-12-17)21(22)23;/h3-6,9-12,16,19H,7-8,13H2,1-2H3;1H. The Bertz CT molecular complexity index is 719. The zero-order valence-electron chi connectivity index (χ0n) is 14.4. The fraction of sp³-hybridized carbons (Fsp3) is 0.368. The van der Waals surface area contributed by atoms with Crippen LogP contribution in [0.1, 0.15) is 30.1 Å². The minimum absolute atomic E-state index is 0. The van der Waals surface area contributed by atoms with Crippen LogP contribution < -0.4 is 4.74 Å². The largest absolute Gasteiger partial charge is 0.486 e. The first-order valence-electron chi connectivity index (χ1n) is 8.20. The van der Waals surface area contributed by atoms with Gasteiger partial charge in [-0.2, -0.15) is 0 Å². The van der Waals surface area contributed by atoms with Crippen LogP contribution in [-0.2, 0) is 6.42 Å². The lowest BCUT2D eigenvalue weighted by atomic mass is 10.0. The summed E-state index contributed by atoms with van der Waals surface area (Å²) in [6, 6.07) is 15.2. The Balaban J connectivity index is 0.00000225. The van der Waals surface area contributed by atoms with Gasteiger partial charge in [0.1, 0.15) is 11.9 Å². The smallest absolute Gasteiger partial charge is 0.269 e. The highest BCUT2D eigenvalue weighted by atomic mass is 35.5. The molecule has 0 spiro atoms. The van der Waals surface area contributed by atoms with Gasteiger partial charge in [0.25, 0.3) is 5.69 Å². The molecule has 2 unspecified atom stereocenters. The number of aryl methyl sites for hydroxylation is 1. The average molecular weight is 363 g/mol. The monoisotopic (exact) mass is 362 g/mol. The van der Waals surface area contributed by atoms with Crippen LogP contribution in [0.15, 0.2) is 48.5 Å². The lowest BCUT2D eigenvalue weighted by molar-refractivity contribution is -0.384. The predicted molar refractivity (Wildman–Crippen MR) is 101 cm³/mol. The van der Waals surface area contributed by atoms with Crippen molar-refractivity contribution in [3.63, 3.8) is 0 Å². The molecule has 1 aliphatic carbocycles. The van der Waals surface area contributed by atoms with E-state index in [1.807, 2.05) is 6.07 Å². The van der Waals surface area contributed by atoms with Crippen LogP contribution in [-0.4, -0.2) is 30.0 Å². The van der Waals surface area contributed by atoms with Crippen molar-refractivity contribution in [1.29, 1.82) is 0 Å². The third-order valence-corrected chi connectivity index (χ3v) is 4.69. The second-order valence-electron chi connectivity index (χ2n) is 6.45. The molecule has 0 N–H and O–H groups in total. The summed E-state index contributed by atoms with van der Waals surface area (Å²) in [4.78, 5) is 12.6. The number of hydrogen-bond acceptors (Lipinski definition) is 4. The van der Waals surface area contributed by atoms with Gasteiger partial charge in [0.2, 0.25) is 0 Å². The van der Waals surface area contributed by atoms with Crippen LogP contribution in [0.25, 0.3) is 0 Å². The van der Waals surface area contributed by atoms with Gasteiger partial charge in [-0.3, -0.25) is 10.1 Å². The topological polar surface area (TPSA) is 55.6 Å². The summed E-state index contributed by atoms with van der Waals surface area (Å²) in [5.41, 5.74) is 2.63. The third kappa shape index (κ3) is 4.50. The Kier molecular flexibility index (Phi) is 6.39. The van der Waals surface area contributed by atoms with Crippen molar-refractivity contribution >= 4 is 18.1 Å². The summed E-state index contributed by atoms with van der Waals surface area (Å²) >= 11 is 0. The van der Waals surface area contributed by atoms with E-state index in [9.17, 15) is 10.1 Å². The van der Waals surface area contributed by atoms with Crippen molar-refractivity contribution in [2.75, 3.05) is 14.1 Å². The average Bonchev–Trinajstić information content (AvgIpc) is 2.76. The van der Waals surface area contributed by atoms with E-state index < -0.39 is 4.92 Å². The van der Waals surface area contributed by atoms with Crippen molar-refractivity contribution in [3.05, 3.63) is 69.8 Å². The Morgan fingerprint density at radius 1 is 1.12 bits per heavy atom.